The molecule has 2 aromatic carbocycles. The number of hydrogen-bond acceptors (Lipinski definition) is 8. The summed E-state index contributed by atoms with van der Waals surface area (Å²) in [5.41, 5.74) is 0.288. The van der Waals surface area contributed by atoms with Crippen molar-refractivity contribution in [2.45, 2.75) is 64.1 Å². The Balaban J connectivity index is 1.72. The van der Waals surface area contributed by atoms with Gasteiger partial charge < -0.3 is 14.4 Å². The van der Waals surface area contributed by atoms with E-state index in [-0.39, 0.29) is 20.6 Å². The monoisotopic (exact) mass is 622 g/mol. The molecule has 4 rings (SSSR count). The van der Waals surface area contributed by atoms with Crippen molar-refractivity contribution in [3.8, 4) is 0 Å². The van der Waals surface area contributed by atoms with Gasteiger partial charge >= 0.3 is 12.1 Å². The minimum atomic E-state index is -4.29. The summed E-state index contributed by atoms with van der Waals surface area (Å²) in [5.74, 6) is -0.353. The number of benzene rings is 2. The van der Waals surface area contributed by atoms with Crippen LogP contribution in [0.4, 0.5) is 22.1 Å². The van der Waals surface area contributed by atoms with Gasteiger partial charge in [0.15, 0.2) is 0 Å². The second kappa shape index (κ2) is 11.2. The molecule has 0 N–H and O–H groups in total. The lowest BCUT2D eigenvalue weighted by Gasteiger charge is -2.27. The Kier molecular flexibility index (Phi) is 8.37. The first kappa shape index (κ1) is 30.7. The lowest BCUT2D eigenvalue weighted by molar-refractivity contribution is -0.152. The van der Waals surface area contributed by atoms with E-state index < -0.39 is 39.8 Å². The molecule has 0 aliphatic carbocycles. The van der Waals surface area contributed by atoms with Gasteiger partial charge in [-0.25, -0.2) is 22.8 Å². The molecule has 0 radical (unpaired) electrons. The standard InChI is InChI=1S/C28H32Cl2N4O6S/c1-27(2,3)39-24(35)17-34(41(37,38)22-15-19(29)14-20(30)16-22)21-7-8-23-18(13-21)9-11-32(23)25-31-10-12-33(25)26(36)40-28(4,5)6/h7-8,10,12-16H,9,11,17H2,1-6H3. The SMILES string of the molecule is CC(C)(C)OC(=O)CN(c1ccc2c(c1)CCN2c1nccn1C(=O)OC(C)(C)C)S(=O)(=O)c1cc(Cl)cc(Cl)c1. The molecule has 0 atom stereocenters. The highest BCUT2D eigenvalue weighted by atomic mass is 35.5. The Morgan fingerprint density at radius 1 is 0.976 bits per heavy atom. The fourth-order valence-corrected chi connectivity index (χ4v) is 6.44. The molecule has 13 heteroatoms. The third-order valence-electron chi connectivity index (χ3n) is 5.82. The third-order valence-corrected chi connectivity index (χ3v) is 8.00. The average molecular weight is 624 g/mol. The van der Waals surface area contributed by atoms with Crippen LogP contribution >= 0.6 is 23.2 Å². The molecule has 1 aliphatic heterocycles. The predicted molar refractivity (Wildman–Crippen MR) is 158 cm³/mol. The van der Waals surface area contributed by atoms with Crippen LogP contribution in [0, 0.1) is 0 Å². The average Bonchev–Trinajstić information content (AvgIpc) is 3.46. The van der Waals surface area contributed by atoms with Crippen LogP contribution in [0.1, 0.15) is 47.1 Å². The Morgan fingerprint density at radius 2 is 1.61 bits per heavy atom. The molecule has 0 spiro atoms. The zero-order chi connectivity index (χ0) is 30.3. The van der Waals surface area contributed by atoms with E-state index in [0.29, 0.717) is 18.9 Å². The molecule has 2 heterocycles. The first-order chi connectivity index (χ1) is 18.9. The maximum absolute atomic E-state index is 13.8. The lowest BCUT2D eigenvalue weighted by Crippen LogP contribution is -2.39. The fraction of sp³-hybridized carbons (Fsp3) is 0.393. The maximum Gasteiger partial charge on any atom is 0.421 e. The molecule has 0 unspecified atom stereocenters. The Labute approximate surface area is 249 Å². The highest BCUT2D eigenvalue weighted by molar-refractivity contribution is 7.92. The van der Waals surface area contributed by atoms with Gasteiger partial charge in [0.05, 0.1) is 10.6 Å². The smallest absolute Gasteiger partial charge is 0.421 e. The van der Waals surface area contributed by atoms with E-state index in [2.05, 4.69) is 4.98 Å². The summed E-state index contributed by atoms with van der Waals surface area (Å²) in [6.45, 7) is 10.4. The summed E-state index contributed by atoms with van der Waals surface area (Å²) in [5, 5.41) is 0.275. The van der Waals surface area contributed by atoms with E-state index in [9.17, 15) is 18.0 Å². The summed E-state index contributed by atoms with van der Waals surface area (Å²) in [6, 6.07) is 8.99. The molecule has 1 aromatic heterocycles. The fourth-order valence-electron chi connectivity index (χ4n) is 4.31. The molecule has 0 amide bonds. The number of nitrogens with zero attached hydrogens (tertiary/aromatic N) is 4. The molecule has 10 nitrogen and oxygen atoms in total. The number of imidazole rings is 1. The molecule has 0 saturated heterocycles. The summed E-state index contributed by atoms with van der Waals surface area (Å²) >= 11 is 12.2. The molecule has 0 fully saturated rings. The Hall–Kier alpha value is -3.28. The van der Waals surface area contributed by atoms with Gasteiger partial charge in [-0.3, -0.25) is 9.10 Å². The van der Waals surface area contributed by atoms with Crippen LogP contribution in [-0.2, 0) is 30.7 Å². The molecule has 3 aromatic rings. The second-order valence-corrected chi connectivity index (χ2v) is 14.2. The van der Waals surface area contributed by atoms with E-state index in [1.165, 1.54) is 35.2 Å². The highest BCUT2D eigenvalue weighted by Gasteiger charge is 2.33. The van der Waals surface area contributed by atoms with Crippen LogP contribution in [0.2, 0.25) is 10.0 Å². The third kappa shape index (κ3) is 7.14. The summed E-state index contributed by atoms with van der Waals surface area (Å²) in [4.78, 5) is 31.7. The van der Waals surface area contributed by atoms with E-state index >= 15 is 0 Å². The molecule has 220 valence electrons. The van der Waals surface area contributed by atoms with Crippen molar-refractivity contribution in [1.82, 2.24) is 9.55 Å². The van der Waals surface area contributed by atoms with Gasteiger partial charge in [0, 0.05) is 34.7 Å². The van der Waals surface area contributed by atoms with Crippen molar-refractivity contribution < 1.29 is 27.5 Å². The van der Waals surface area contributed by atoms with Gasteiger partial charge in [0.25, 0.3) is 10.0 Å². The van der Waals surface area contributed by atoms with Crippen molar-refractivity contribution in [1.29, 1.82) is 0 Å². The Morgan fingerprint density at radius 3 is 2.22 bits per heavy atom. The molecule has 1 aliphatic rings. The normalized spacial score (nSPS) is 13.6. The number of anilines is 3. The molecule has 0 bridgehead atoms. The number of esters is 1. The number of sulfonamides is 1. The van der Waals surface area contributed by atoms with Crippen molar-refractivity contribution in [3.05, 3.63) is 64.4 Å². The number of halogens is 2. The highest BCUT2D eigenvalue weighted by Crippen LogP contribution is 2.38. The van der Waals surface area contributed by atoms with Crippen LogP contribution in [0.25, 0.3) is 0 Å². The summed E-state index contributed by atoms with van der Waals surface area (Å²) < 4.78 is 41.0. The van der Waals surface area contributed by atoms with Crippen LogP contribution in [0.5, 0.6) is 0 Å². The first-order valence-electron chi connectivity index (χ1n) is 12.8. The first-order valence-corrected chi connectivity index (χ1v) is 15.0. The Bertz CT molecular complexity index is 1570. The number of carbonyl (C=O) groups excluding carboxylic acids is 2. The lowest BCUT2D eigenvalue weighted by atomic mass is 10.1. The quantitative estimate of drug-likeness (QED) is 0.299. The topological polar surface area (TPSA) is 111 Å². The van der Waals surface area contributed by atoms with Crippen LogP contribution in [0.3, 0.4) is 0 Å². The number of rotatable bonds is 6. The number of hydrogen-bond donors (Lipinski definition) is 0. The van der Waals surface area contributed by atoms with Crippen molar-refractivity contribution in [3.63, 3.8) is 0 Å². The number of fused-ring (bicyclic) bond motifs is 1. The van der Waals surface area contributed by atoms with Crippen molar-refractivity contribution >= 4 is 62.6 Å². The second-order valence-electron chi connectivity index (χ2n) is 11.5. The number of aromatic nitrogens is 2. The molecular weight excluding hydrogens is 591 g/mol. The van der Waals surface area contributed by atoms with Gasteiger partial charge in [0.2, 0.25) is 5.95 Å². The van der Waals surface area contributed by atoms with Gasteiger partial charge in [0.1, 0.15) is 17.7 Å². The van der Waals surface area contributed by atoms with E-state index in [1.807, 2.05) is 4.90 Å². The summed E-state index contributed by atoms with van der Waals surface area (Å²) in [7, 11) is -4.29. The number of carbonyl (C=O) groups is 2. The van der Waals surface area contributed by atoms with Gasteiger partial charge in [-0.05, 0) is 89.9 Å². The largest absolute Gasteiger partial charge is 0.459 e. The summed E-state index contributed by atoms with van der Waals surface area (Å²) in [6.07, 6.45) is 3.01. The molecule has 41 heavy (non-hydrogen) atoms. The maximum atomic E-state index is 13.8. The minimum absolute atomic E-state index is 0.137. The van der Waals surface area contributed by atoms with Crippen molar-refractivity contribution in [2.75, 3.05) is 22.3 Å². The van der Waals surface area contributed by atoms with Gasteiger partial charge in [-0.2, -0.15) is 0 Å². The molecule has 0 saturated carbocycles. The van der Waals surface area contributed by atoms with E-state index in [0.717, 1.165) is 15.6 Å². The van der Waals surface area contributed by atoms with Crippen LogP contribution in [-0.4, -0.2) is 54.3 Å². The number of ether oxygens (including phenoxy) is 2. The zero-order valence-corrected chi connectivity index (χ0v) is 26.0. The zero-order valence-electron chi connectivity index (χ0n) is 23.6. The minimum Gasteiger partial charge on any atom is -0.459 e. The van der Waals surface area contributed by atoms with Gasteiger partial charge in [-0.15, -0.1) is 0 Å². The van der Waals surface area contributed by atoms with Crippen LogP contribution < -0.4 is 9.21 Å². The van der Waals surface area contributed by atoms with E-state index in [1.54, 1.807) is 59.7 Å². The van der Waals surface area contributed by atoms with Crippen molar-refractivity contribution in [2.24, 2.45) is 0 Å². The van der Waals surface area contributed by atoms with Gasteiger partial charge in [-0.1, -0.05) is 23.2 Å². The molecular formula is C28H32Cl2N4O6S. The predicted octanol–water partition coefficient (Wildman–Crippen LogP) is 6.20. The van der Waals surface area contributed by atoms with E-state index in [4.69, 9.17) is 32.7 Å². The van der Waals surface area contributed by atoms with Crippen LogP contribution in [0.15, 0.2) is 53.7 Å².